The maximum absolute atomic E-state index is 12.5. The Morgan fingerprint density at radius 1 is 0.917 bits per heavy atom. The number of aliphatic hydroxyl groups excluding tert-OH is 1. The average molecular weight is 338 g/mol. The lowest BCUT2D eigenvalue weighted by molar-refractivity contribution is -0.137. The molecule has 24 heavy (non-hydrogen) atoms. The predicted molar refractivity (Wildman–Crippen MR) is 95.8 cm³/mol. The van der Waals surface area contributed by atoms with Gasteiger partial charge in [0.2, 0.25) is 5.91 Å². The lowest BCUT2D eigenvalue weighted by Crippen LogP contribution is -2.52. The molecule has 0 aromatic heterocycles. The predicted octanol–water partition coefficient (Wildman–Crippen LogP) is 1.41. The lowest BCUT2D eigenvalue weighted by Gasteiger charge is -2.38. The quantitative estimate of drug-likeness (QED) is 0.824. The van der Waals surface area contributed by atoms with Crippen molar-refractivity contribution >= 4 is 5.91 Å². The molecule has 138 valence electrons. The minimum absolute atomic E-state index is 0.268. The minimum atomic E-state index is -0.268. The number of likely N-dealkylation sites (tertiary alicyclic amines) is 1. The third-order valence-electron chi connectivity index (χ3n) is 6.20. The number of rotatable bonds is 5. The fourth-order valence-corrected chi connectivity index (χ4v) is 4.48. The summed E-state index contributed by atoms with van der Waals surface area (Å²) in [4.78, 5) is 19.3. The molecular weight excluding hydrogens is 302 g/mol. The van der Waals surface area contributed by atoms with Gasteiger partial charge in [0.1, 0.15) is 0 Å². The van der Waals surface area contributed by atoms with Crippen LogP contribution in [-0.2, 0) is 4.79 Å². The number of piperazine rings is 1. The second-order valence-corrected chi connectivity index (χ2v) is 8.24. The topological polar surface area (TPSA) is 47.0 Å². The molecule has 3 aliphatic rings. The maximum Gasteiger partial charge on any atom is 0.225 e. The number of piperidine rings is 1. The smallest absolute Gasteiger partial charge is 0.225 e. The van der Waals surface area contributed by atoms with Crippen LogP contribution in [-0.4, -0.2) is 84.2 Å². The first-order valence-electron chi connectivity index (χ1n) is 10.0. The average Bonchev–Trinajstić information content (AvgIpc) is 3.11. The van der Waals surface area contributed by atoms with Gasteiger partial charge in [-0.25, -0.2) is 0 Å². The van der Waals surface area contributed by atoms with Crippen LogP contribution >= 0.6 is 0 Å². The Morgan fingerprint density at radius 3 is 2.04 bits per heavy atom. The summed E-state index contributed by atoms with van der Waals surface area (Å²) in [6.45, 7) is 9.61. The Kier molecular flexibility index (Phi) is 6.53. The lowest BCUT2D eigenvalue weighted by atomic mass is 9.99. The standard InChI is InChI=1S/C19H35N3O2/c1-16-6-8-20(9-7-16)14-18(23)15-21-10-12-22(13-11-21)19(24)17-4-2-3-5-17/h16-18,23H,2-15H2,1H3/t18-/m0/s1. The minimum Gasteiger partial charge on any atom is -0.390 e. The monoisotopic (exact) mass is 337 g/mol. The van der Waals surface area contributed by atoms with Crippen molar-refractivity contribution in [3.05, 3.63) is 0 Å². The number of hydrogen-bond donors (Lipinski definition) is 1. The van der Waals surface area contributed by atoms with Gasteiger partial charge in [0.15, 0.2) is 0 Å². The van der Waals surface area contributed by atoms with E-state index in [2.05, 4.69) is 21.6 Å². The number of carbonyl (C=O) groups is 1. The van der Waals surface area contributed by atoms with Crippen molar-refractivity contribution in [3.63, 3.8) is 0 Å². The highest BCUT2D eigenvalue weighted by atomic mass is 16.3. The summed E-state index contributed by atoms with van der Waals surface area (Å²) < 4.78 is 0. The van der Waals surface area contributed by atoms with Gasteiger partial charge in [-0.05, 0) is 44.7 Å². The zero-order valence-corrected chi connectivity index (χ0v) is 15.3. The van der Waals surface area contributed by atoms with Gasteiger partial charge >= 0.3 is 0 Å². The number of nitrogens with zero attached hydrogens (tertiary/aromatic N) is 3. The van der Waals surface area contributed by atoms with Crippen molar-refractivity contribution in [2.24, 2.45) is 11.8 Å². The fourth-order valence-electron chi connectivity index (χ4n) is 4.48. The Labute approximate surface area is 147 Å². The van der Waals surface area contributed by atoms with Gasteiger partial charge in [0, 0.05) is 45.2 Å². The van der Waals surface area contributed by atoms with Gasteiger partial charge in [-0.15, -0.1) is 0 Å². The molecule has 0 aromatic rings. The first-order valence-corrected chi connectivity index (χ1v) is 10.0. The van der Waals surface area contributed by atoms with Crippen LogP contribution in [0.15, 0.2) is 0 Å². The molecule has 1 N–H and O–H groups in total. The van der Waals surface area contributed by atoms with E-state index in [4.69, 9.17) is 0 Å². The van der Waals surface area contributed by atoms with Crippen molar-refractivity contribution in [2.45, 2.75) is 51.6 Å². The zero-order chi connectivity index (χ0) is 16.9. The molecule has 0 aromatic carbocycles. The third kappa shape index (κ3) is 4.93. The Bertz CT molecular complexity index is 395. The van der Waals surface area contributed by atoms with E-state index in [0.717, 1.165) is 71.1 Å². The number of carbonyl (C=O) groups excluding carboxylic acids is 1. The van der Waals surface area contributed by atoms with Gasteiger partial charge in [-0.3, -0.25) is 9.69 Å². The van der Waals surface area contributed by atoms with E-state index < -0.39 is 0 Å². The van der Waals surface area contributed by atoms with Crippen molar-refractivity contribution in [3.8, 4) is 0 Å². The fraction of sp³-hybridized carbons (Fsp3) is 0.947. The zero-order valence-electron chi connectivity index (χ0n) is 15.3. The SMILES string of the molecule is CC1CCN(C[C@H](O)CN2CCN(C(=O)C3CCCC3)CC2)CC1. The van der Waals surface area contributed by atoms with E-state index in [1.54, 1.807) is 0 Å². The van der Waals surface area contributed by atoms with Crippen molar-refractivity contribution in [1.29, 1.82) is 0 Å². The van der Waals surface area contributed by atoms with E-state index in [1.807, 2.05) is 0 Å². The molecule has 5 heteroatoms. The summed E-state index contributed by atoms with van der Waals surface area (Å²) >= 11 is 0. The van der Waals surface area contributed by atoms with Crippen LogP contribution in [0.5, 0.6) is 0 Å². The molecule has 2 heterocycles. The molecule has 2 saturated heterocycles. The molecule has 1 saturated carbocycles. The second kappa shape index (κ2) is 8.63. The summed E-state index contributed by atoms with van der Waals surface area (Å²) in [5, 5.41) is 10.4. The van der Waals surface area contributed by atoms with Crippen LogP contribution in [0, 0.1) is 11.8 Å². The highest BCUT2D eigenvalue weighted by molar-refractivity contribution is 5.79. The highest BCUT2D eigenvalue weighted by Crippen LogP contribution is 2.27. The molecule has 1 aliphatic carbocycles. The first kappa shape index (κ1) is 18.2. The molecule has 3 rings (SSSR count). The number of β-amino-alcohol motifs (C(OH)–C–C–N with tert-alkyl or cyclic N) is 1. The summed E-state index contributed by atoms with van der Waals surface area (Å²) in [7, 11) is 0. The molecule has 2 aliphatic heterocycles. The molecule has 1 atom stereocenters. The van der Waals surface area contributed by atoms with E-state index in [9.17, 15) is 9.90 Å². The van der Waals surface area contributed by atoms with Gasteiger partial charge < -0.3 is 14.9 Å². The van der Waals surface area contributed by atoms with Gasteiger partial charge in [0.05, 0.1) is 6.10 Å². The Hall–Kier alpha value is -0.650. The van der Waals surface area contributed by atoms with Gasteiger partial charge in [0.25, 0.3) is 0 Å². The van der Waals surface area contributed by atoms with Crippen LogP contribution in [0.1, 0.15) is 45.4 Å². The van der Waals surface area contributed by atoms with Crippen molar-refractivity contribution in [1.82, 2.24) is 14.7 Å². The number of aliphatic hydroxyl groups is 1. The normalized spacial score (nSPS) is 26.8. The van der Waals surface area contributed by atoms with Crippen LogP contribution in [0.25, 0.3) is 0 Å². The van der Waals surface area contributed by atoms with Crippen LogP contribution in [0.4, 0.5) is 0 Å². The van der Waals surface area contributed by atoms with E-state index in [0.29, 0.717) is 11.8 Å². The molecular formula is C19H35N3O2. The summed E-state index contributed by atoms with van der Waals surface area (Å²) in [6.07, 6.45) is 6.87. The molecule has 0 unspecified atom stereocenters. The largest absolute Gasteiger partial charge is 0.390 e. The highest BCUT2D eigenvalue weighted by Gasteiger charge is 2.30. The van der Waals surface area contributed by atoms with E-state index in [-0.39, 0.29) is 6.10 Å². The van der Waals surface area contributed by atoms with Crippen LogP contribution < -0.4 is 0 Å². The van der Waals surface area contributed by atoms with Crippen molar-refractivity contribution < 1.29 is 9.90 Å². The van der Waals surface area contributed by atoms with Crippen molar-refractivity contribution in [2.75, 3.05) is 52.4 Å². The second-order valence-electron chi connectivity index (χ2n) is 8.24. The molecule has 5 nitrogen and oxygen atoms in total. The third-order valence-corrected chi connectivity index (χ3v) is 6.20. The van der Waals surface area contributed by atoms with Crippen LogP contribution in [0.3, 0.4) is 0 Å². The van der Waals surface area contributed by atoms with E-state index in [1.165, 1.54) is 25.7 Å². The molecule has 0 spiro atoms. The molecule has 3 fully saturated rings. The summed E-state index contributed by atoms with van der Waals surface area (Å²) in [5.41, 5.74) is 0. The Balaban J connectivity index is 1.35. The Morgan fingerprint density at radius 2 is 1.46 bits per heavy atom. The van der Waals surface area contributed by atoms with Crippen LogP contribution in [0.2, 0.25) is 0 Å². The number of hydrogen-bond acceptors (Lipinski definition) is 4. The molecule has 0 radical (unpaired) electrons. The molecule has 1 amide bonds. The molecule has 0 bridgehead atoms. The maximum atomic E-state index is 12.5. The van der Waals surface area contributed by atoms with E-state index >= 15 is 0 Å². The summed E-state index contributed by atoms with van der Waals surface area (Å²) in [5.74, 6) is 1.52. The van der Waals surface area contributed by atoms with Gasteiger partial charge in [-0.2, -0.15) is 0 Å². The number of amides is 1. The first-order chi connectivity index (χ1) is 11.6. The van der Waals surface area contributed by atoms with Gasteiger partial charge in [-0.1, -0.05) is 19.8 Å². The summed E-state index contributed by atoms with van der Waals surface area (Å²) in [6, 6.07) is 0.